The zero-order valence-electron chi connectivity index (χ0n) is 21.3. The van der Waals surface area contributed by atoms with Crippen LogP contribution in [0.2, 0.25) is 0 Å². The summed E-state index contributed by atoms with van der Waals surface area (Å²) in [6.07, 6.45) is 4.76. The van der Waals surface area contributed by atoms with Crippen LogP contribution >= 0.6 is 11.8 Å². The summed E-state index contributed by atoms with van der Waals surface area (Å²) in [6, 6.07) is 16.2. The number of thioether (sulfide) groups is 1. The molecule has 0 atom stereocenters. The maximum absolute atomic E-state index is 12.1. The summed E-state index contributed by atoms with van der Waals surface area (Å²) in [5.41, 5.74) is 4.16. The van der Waals surface area contributed by atoms with E-state index in [0.29, 0.717) is 13.0 Å². The van der Waals surface area contributed by atoms with Gasteiger partial charge in [0, 0.05) is 36.4 Å². The van der Waals surface area contributed by atoms with Crippen molar-refractivity contribution in [3.05, 3.63) is 48.5 Å². The highest BCUT2D eigenvalue weighted by molar-refractivity contribution is 7.99. The fraction of sp³-hybridized carbons (Fsp3) is 0.429. The topological polar surface area (TPSA) is 65.4 Å². The van der Waals surface area contributed by atoms with E-state index < -0.39 is 0 Å². The van der Waals surface area contributed by atoms with Gasteiger partial charge in [-0.05, 0) is 61.4 Å². The Labute approximate surface area is 213 Å². The third kappa shape index (κ3) is 7.28. The molecular formula is C28H37N3O3S. The lowest BCUT2D eigenvalue weighted by Crippen LogP contribution is -2.25. The molecule has 0 radical (unpaired) electrons. The maximum atomic E-state index is 12.1. The van der Waals surface area contributed by atoms with E-state index in [1.54, 1.807) is 26.0 Å². The molecule has 35 heavy (non-hydrogen) atoms. The van der Waals surface area contributed by atoms with Crippen LogP contribution in [0.4, 0.5) is 0 Å². The maximum Gasteiger partial charge on any atom is 0.220 e. The fourth-order valence-electron chi connectivity index (χ4n) is 3.92. The van der Waals surface area contributed by atoms with E-state index in [0.717, 1.165) is 77.2 Å². The minimum atomic E-state index is 0.133. The molecule has 1 heterocycles. The zero-order chi connectivity index (χ0) is 25.0. The van der Waals surface area contributed by atoms with Gasteiger partial charge in [0.2, 0.25) is 5.91 Å². The Morgan fingerprint density at radius 1 is 0.914 bits per heavy atom. The van der Waals surface area contributed by atoms with Gasteiger partial charge < -0.3 is 19.4 Å². The first-order chi connectivity index (χ1) is 17.1. The highest BCUT2D eigenvalue weighted by Crippen LogP contribution is 2.37. The van der Waals surface area contributed by atoms with E-state index in [1.165, 1.54) is 0 Å². The van der Waals surface area contributed by atoms with Crippen molar-refractivity contribution < 1.29 is 14.3 Å². The predicted octanol–water partition coefficient (Wildman–Crippen LogP) is 6.43. The third-order valence-electron chi connectivity index (χ3n) is 5.77. The second kappa shape index (κ2) is 13.8. The molecule has 6 nitrogen and oxygen atoms in total. The number of nitrogens with one attached hydrogen (secondary N) is 1. The normalized spacial score (nSPS) is 10.9. The number of ether oxygens (including phenoxy) is 2. The van der Waals surface area contributed by atoms with Gasteiger partial charge in [-0.2, -0.15) is 0 Å². The first-order valence-electron chi connectivity index (χ1n) is 12.4. The van der Waals surface area contributed by atoms with Crippen LogP contribution in [0.3, 0.4) is 0 Å². The van der Waals surface area contributed by atoms with E-state index >= 15 is 0 Å². The fourth-order valence-corrected chi connectivity index (χ4v) is 4.80. The van der Waals surface area contributed by atoms with Crippen LogP contribution < -0.4 is 14.8 Å². The van der Waals surface area contributed by atoms with Gasteiger partial charge in [0.05, 0.1) is 25.6 Å². The van der Waals surface area contributed by atoms with E-state index in [-0.39, 0.29) is 5.91 Å². The Hall–Kier alpha value is -2.93. The number of methoxy groups -OCH3 is 2. The molecule has 7 heteroatoms. The zero-order valence-corrected chi connectivity index (χ0v) is 22.1. The minimum absolute atomic E-state index is 0.133. The third-order valence-corrected chi connectivity index (χ3v) is 6.75. The molecule has 0 fully saturated rings. The lowest BCUT2D eigenvalue weighted by molar-refractivity contribution is -0.121. The lowest BCUT2D eigenvalue weighted by Gasteiger charge is -2.13. The van der Waals surface area contributed by atoms with Crippen molar-refractivity contribution in [3.8, 4) is 34.0 Å². The average molecular weight is 496 g/mol. The number of nitrogens with zero attached hydrogens (tertiary/aromatic N) is 2. The highest BCUT2D eigenvalue weighted by atomic mass is 32.2. The van der Waals surface area contributed by atoms with Crippen LogP contribution in [0.5, 0.6) is 11.5 Å². The van der Waals surface area contributed by atoms with Crippen molar-refractivity contribution in [2.75, 3.05) is 26.5 Å². The summed E-state index contributed by atoms with van der Waals surface area (Å²) in [5, 5.41) is 4.01. The number of carbonyl (C=O) groups is 1. The molecule has 2 aromatic carbocycles. The summed E-state index contributed by atoms with van der Waals surface area (Å²) >= 11 is 1.68. The second-order valence-electron chi connectivity index (χ2n) is 8.36. The Balaban J connectivity index is 1.88. The van der Waals surface area contributed by atoms with Gasteiger partial charge in [-0.3, -0.25) is 4.79 Å². The van der Waals surface area contributed by atoms with Crippen molar-refractivity contribution in [2.24, 2.45) is 0 Å². The van der Waals surface area contributed by atoms with Crippen molar-refractivity contribution in [1.82, 2.24) is 14.9 Å². The van der Waals surface area contributed by atoms with Gasteiger partial charge in [-0.1, -0.05) is 38.5 Å². The largest absolute Gasteiger partial charge is 0.497 e. The number of amides is 1. The van der Waals surface area contributed by atoms with Gasteiger partial charge in [-0.15, -0.1) is 0 Å². The first kappa shape index (κ1) is 26.7. The van der Waals surface area contributed by atoms with Crippen LogP contribution in [0.15, 0.2) is 53.7 Å². The van der Waals surface area contributed by atoms with Gasteiger partial charge in [0.1, 0.15) is 11.5 Å². The molecule has 3 aromatic rings. The van der Waals surface area contributed by atoms with Crippen LogP contribution in [0.25, 0.3) is 22.5 Å². The summed E-state index contributed by atoms with van der Waals surface area (Å²) in [6.45, 7) is 5.81. The smallest absolute Gasteiger partial charge is 0.220 e. The van der Waals surface area contributed by atoms with Crippen molar-refractivity contribution in [2.45, 2.75) is 57.7 Å². The molecule has 0 saturated heterocycles. The average Bonchev–Trinajstić information content (AvgIpc) is 3.25. The number of hydrogen-bond acceptors (Lipinski definition) is 5. The van der Waals surface area contributed by atoms with Crippen LogP contribution in [0.1, 0.15) is 46.0 Å². The van der Waals surface area contributed by atoms with Crippen LogP contribution in [-0.2, 0) is 11.3 Å². The summed E-state index contributed by atoms with van der Waals surface area (Å²) in [5.74, 6) is 2.54. The van der Waals surface area contributed by atoms with Crippen molar-refractivity contribution in [3.63, 3.8) is 0 Å². The number of aromatic nitrogens is 2. The number of unbranched alkanes of at least 4 members (excludes halogenated alkanes) is 2. The van der Waals surface area contributed by atoms with Crippen LogP contribution in [0, 0.1) is 0 Å². The molecule has 1 aromatic heterocycles. The number of benzene rings is 2. The van der Waals surface area contributed by atoms with Gasteiger partial charge >= 0.3 is 0 Å². The lowest BCUT2D eigenvalue weighted by atomic mass is 10.0. The SMILES string of the molecule is CCCCCC(=O)NCCSc1nc(-c2ccc(OC)cc2)c(-c2ccc(OC)cc2)n1CCC. The Morgan fingerprint density at radius 3 is 2.11 bits per heavy atom. The molecule has 0 unspecified atom stereocenters. The Morgan fingerprint density at radius 2 is 1.54 bits per heavy atom. The molecule has 188 valence electrons. The molecule has 1 amide bonds. The van der Waals surface area contributed by atoms with Crippen LogP contribution in [-0.4, -0.2) is 42.0 Å². The summed E-state index contributed by atoms with van der Waals surface area (Å²) in [7, 11) is 3.35. The number of imidazole rings is 1. The molecule has 0 aliphatic carbocycles. The van der Waals surface area contributed by atoms with Gasteiger partial charge in [0.25, 0.3) is 0 Å². The number of carbonyl (C=O) groups excluding carboxylic acids is 1. The molecule has 0 saturated carbocycles. The molecule has 1 N–H and O–H groups in total. The standard InChI is InChI=1S/C28H37N3O3S/c1-5-7-8-9-25(32)29-18-20-35-28-30-26(21-10-14-23(33-3)15-11-21)27(31(28)19-6-2)22-12-16-24(34-4)17-13-22/h10-17H,5-9,18-20H2,1-4H3,(H,29,32). The van der Waals surface area contributed by atoms with Crippen molar-refractivity contribution >= 4 is 17.7 Å². The van der Waals surface area contributed by atoms with E-state index in [2.05, 4.69) is 48.0 Å². The van der Waals surface area contributed by atoms with Crippen molar-refractivity contribution in [1.29, 1.82) is 0 Å². The Bertz CT molecular complexity index is 1060. The highest BCUT2D eigenvalue weighted by Gasteiger charge is 2.20. The molecule has 3 rings (SSSR count). The Kier molecular flexibility index (Phi) is 10.5. The van der Waals surface area contributed by atoms with Gasteiger partial charge in [-0.25, -0.2) is 4.98 Å². The minimum Gasteiger partial charge on any atom is -0.497 e. The van der Waals surface area contributed by atoms with Gasteiger partial charge in [0.15, 0.2) is 5.16 Å². The first-order valence-corrected chi connectivity index (χ1v) is 13.4. The molecule has 0 spiro atoms. The number of hydrogen-bond donors (Lipinski definition) is 1. The van der Waals surface area contributed by atoms with E-state index in [4.69, 9.17) is 14.5 Å². The quantitative estimate of drug-likeness (QED) is 0.206. The molecular weight excluding hydrogens is 458 g/mol. The summed E-state index contributed by atoms with van der Waals surface area (Å²) < 4.78 is 13.0. The molecule has 0 aliphatic rings. The van der Waals surface area contributed by atoms with E-state index in [9.17, 15) is 4.79 Å². The predicted molar refractivity (Wildman–Crippen MR) is 144 cm³/mol. The summed E-state index contributed by atoms with van der Waals surface area (Å²) in [4.78, 5) is 17.2. The second-order valence-corrected chi connectivity index (χ2v) is 9.42. The van der Waals surface area contributed by atoms with E-state index in [1.807, 2.05) is 24.3 Å². The monoisotopic (exact) mass is 495 g/mol. The molecule has 0 aliphatic heterocycles. The number of rotatable bonds is 14. The molecule has 0 bridgehead atoms.